The first-order chi connectivity index (χ1) is 9.11. The highest BCUT2D eigenvalue weighted by molar-refractivity contribution is 6.03. The average molecular weight is 251 g/mol. The third kappa shape index (κ3) is 1.98. The van der Waals surface area contributed by atoms with E-state index in [1.165, 1.54) is 16.8 Å². The smallest absolute Gasteiger partial charge is 0.0484 e. The third-order valence-corrected chi connectivity index (χ3v) is 4.66. The van der Waals surface area contributed by atoms with E-state index in [2.05, 4.69) is 68.3 Å². The molecular weight excluding hydrogens is 230 g/mol. The van der Waals surface area contributed by atoms with E-state index in [4.69, 9.17) is 0 Å². The molecule has 19 heavy (non-hydrogen) atoms. The summed E-state index contributed by atoms with van der Waals surface area (Å²) >= 11 is 0. The molecule has 0 N–H and O–H groups in total. The van der Waals surface area contributed by atoms with E-state index in [1.807, 2.05) is 6.20 Å². The van der Waals surface area contributed by atoms with Gasteiger partial charge in [-0.05, 0) is 23.8 Å². The normalized spacial score (nSPS) is 32.9. The second-order valence-corrected chi connectivity index (χ2v) is 6.07. The molecule has 1 aromatic rings. The number of rotatable bonds is 2. The number of allylic oxidation sites excluding steroid dienone is 3. The Balaban J connectivity index is 2.06. The van der Waals surface area contributed by atoms with Crippen LogP contribution in [0.5, 0.6) is 0 Å². The third-order valence-electron chi connectivity index (χ3n) is 4.66. The Hall–Kier alpha value is -1.63. The molecule has 98 valence electrons. The molecule has 0 saturated carbocycles. The lowest BCUT2D eigenvalue weighted by Gasteiger charge is -2.40. The van der Waals surface area contributed by atoms with Gasteiger partial charge in [-0.25, -0.2) is 0 Å². The minimum absolute atomic E-state index is 0.170. The van der Waals surface area contributed by atoms with Crippen LogP contribution in [0.25, 0.3) is 0 Å². The van der Waals surface area contributed by atoms with Crippen molar-refractivity contribution in [2.45, 2.75) is 32.6 Å². The minimum Gasteiger partial charge on any atom is -0.261 e. The highest BCUT2D eigenvalue weighted by Crippen LogP contribution is 2.43. The lowest BCUT2D eigenvalue weighted by Crippen LogP contribution is -2.35. The predicted molar refractivity (Wildman–Crippen MR) is 81.6 cm³/mol. The van der Waals surface area contributed by atoms with E-state index < -0.39 is 0 Å². The van der Waals surface area contributed by atoms with Crippen molar-refractivity contribution in [1.29, 1.82) is 0 Å². The molecule has 0 saturated heterocycles. The van der Waals surface area contributed by atoms with Crippen molar-refractivity contribution < 1.29 is 0 Å². The number of aliphatic imine (C=N–C) groups is 1. The second-order valence-electron chi connectivity index (χ2n) is 6.07. The van der Waals surface area contributed by atoms with Crippen LogP contribution >= 0.6 is 0 Å². The van der Waals surface area contributed by atoms with Crippen LogP contribution in [0.15, 0.2) is 53.7 Å². The Kier molecular flexibility index (Phi) is 2.93. The number of benzene rings is 1. The summed E-state index contributed by atoms with van der Waals surface area (Å²) in [6.07, 6.45) is 9.81. The standard InChI is InChI=1S/C18H21N/c1-13-9-11-19-17(12-13)15-6-4-5-7-16(15)18(3)10-8-14(18)2/h4-11,13-14H,12H2,1-3H3. The van der Waals surface area contributed by atoms with Gasteiger partial charge in [0.2, 0.25) is 0 Å². The van der Waals surface area contributed by atoms with Crippen LogP contribution in [0.1, 0.15) is 38.3 Å². The first-order valence-electron chi connectivity index (χ1n) is 7.14. The zero-order valence-corrected chi connectivity index (χ0v) is 11.9. The Bertz CT molecular complexity index is 579. The monoisotopic (exact) mass is 251 g/mol. The Morgan fingerprint density at radius 3 is 2.58 bits per heavy atom. The summed E-state index contributed by atoms with van der Waals surface area (Å²) in [6, 6.07) is 8.76. The molecule has 1 heteroatoms. The number of hydrogen-bond acceptors (Lipinski definition) is 1. The summed E-state index contributed by atoms with van der Waals surface area (Å²) in [7, 11) is 0. The van der Waals surface area contributed by atoms with Crippen molar-refractivity contribution >= 4 is 5.71 Å². The highest BCUT2D eigenvalue weighted by atomic mass is 14.7. The molecule has 3 unspecified atom stereocenters. The fourth-order valence-corrected chi connectivity index (χ4v) is 3.00. The van der Waals surface area contributed by atoms with Gasteiger partial charge < -0.3 is 0 Å². The SMILES string of the molecule is CC1C=CN=C(c2ccccc2C2(C)C=CC2C)C1. The van der Waals surface area contributed by atoms with Crippen molar-refractivity contribution in [3.63, 3.8) is 0 Å². The molecule has 3 atom stereocenters. The van der Waals surface area contributed by atoms with Crippen molar-refractivity contribution in [2.24, 2.45) is 16.8 Å². The van der Waals surface area contributed by atoms with Gasteiger partial charge in [0.25, 0.3) is 0 Å². The molecule has 1 nitrogen and oxygen atoms in total. The van der Waals surface area contributed by atoms with E-state index in [1.54, 1.807) is 0 Å². The molecule has 0 fully saturated rings. The largest absolute Gasteiger partial charge is 0.261 e. The van der Waals surface area contributed by atoms with Crippen LogP contribution in [0.3, 0.4) is 0 Å². The molecule has 0 spiro atoms. The van der Waals surface area contributed by atoms with Crippen LogP contribution < -0.4 is 0 Å². The fourth-order valence-electron chi connectivity index (χ4n) is 3.00. The highest BCUT2D eigenvalue weighted by Gasteiger charge is 2.37. The van der Waals surface area contributed by atoms with E-state index in [0.717, 1.165) is 6.42 Å². The molecule has 1 aliphatic heterocycles. The van der Waals surface area contributed by atoms with E-state index in [-0.39, 0.29) is 5.41 Å². The zero-order valence-electron chi connectivity index (χ0n) is 11.9. The van der Waals surface area contributed by atoms with Crippen LogP contribution in [-0.2, 0) is 5.41 Å². The Morgan fingerprint density at radius 1 is 1.16 bits per heavy atom. The van der Waals surface area contributed by atoms with Gasteiger partial charge in [0.15, 0.2) is 0 Å². The maximum absolute atomic E-state index is 4.62. The first-order valence-corrected chi connectivity index (χ1v) is 7.14. The lowest BCUT2D eigenvalue weighted by atomic mass is 9.63. The summed E-state index contributed by atoms with van der Waals surface area (Å²) in [5.74, 6) is 1.19. The van der Waals surface area contributed by atoms with Gasteiger partial charge in [-0.15, -0.1) is 0 Å². The summed E-state index contributed by atoms with van der Waals surface area (Å²) < 4.78 is 0. The Labute approximate surface area is 115 Å². The van der Waals surface area contributed by atoms with Gasteiger partial charge in [-0.1, -0.05) is 63.3 Å². The molecule has 0 bridgehead atoms. The summed E-state index contributed by atoms with van der Waals surface area (Å²) in [5.41, 5.74) is 4.16. The van der Waals surface area contributed by atoms with Crippen molar-refractivity contribution in [3.8, 4) is 0 Å². The van der Waals surface area contributed by atoms with Crippen molar-refractivity contribution in [3.05, 3.63) is 59.8 Å². The maximum atomic E-state index is 4.62. The minimum atomic E-state index is 0.170. The summed E-state index contributed by atoms with van der Waals surface area (Å²) in [4.78, 5) is 4.62. The first kappa shape index (κ1) is 12.4. The molecule has 3 rings (SSSR count). The van der Waals surface area contributed by atoms with Gasteiger partial charge in [0, 0.05) is 22.9 Å². The Morgan fingerprint density at radius 2 is 1.95 bits per heavy atom. The van der Waals surface area contributed by atoms with Gasteiger partial charge >= 0.3 is 0 Å². The molecule has 1 heterocycles. The predicted octanol–water partition coefficient (Wildman–Crippen LogP) is 4.49. The van der Waals surface area contributed by atoms with Gasteiger partial charge in [-0.2, -0.15) is 0 Å². The van der Waals surface area contributed by atoms with Gasteiger partial charge in [-0.3, -0.25) is 4.99 Å². The summed E-state index contributed by atoms with van der Waals surface area (Å²) in [6.45, 7) is 6.88. The van der Waals surface area contributed by atoms with Crippen molar-refractivity contribution in [2.75, 3.05) is 0 Å². The van der Waals surface area contributed by atoms with Gasteiger partial charge in [0.1, 0.15) is 0 Å². The molecular formula is C18H21N. The molecule has 1 aromatic carbocycles. The topological polar surface area (TPSA) is 12.4 Å². The summed E-state index contributed by atoms with van der Waals surface area (Å²) in [5, 5.41) is 0. The van der Waals surface area contributed by atoms with E-state index >= 15 is 0 Å². The molecule has 2 aliphatic rings. The second kappa shape index (κ2) is 4.48. The van der Waals surface area contributed by atoms with E-state index in [9.17, 15) is 0 Å². The molecule has 0 radical (unpaired) electrons. The number of nitrogens with zero attached hydrogens (tertiary/aromatic N) is 1. The average Bonchev–Trinajstić information content (AvgIpc) is 2.45. The van der Waals surface area contributed by atoms with Gasteiger partial charge in [0.05, 0.1) is 0 Å². The lowest BCUT2D eigenvalue weighted by molar-refractivity contribution is 0.411. The molecule has 1 aliphatic carbocycles. The van der Waals surface area contributed by atoms with Crippen LogP contribution in [0.4, 0.5) is 0 Å². The molecule has 0 aromatic heterocycles. The maximum Gasteiger partial charge on any atom is 0.0484 e. The zero-order chi connectivity index (χ0) is 13.5. The van der Waals surface area contributed by atoms with Crippen LogP contribution in [-0.4, -0.2) is 5.71 Å². The number of hydrogen-bond donors (Lipinski definition) is 0. The van der Waals surface area contributed by atoms with Crippen LogP contribution in [0, 0.1) is 11.8 Å². The van der Waals surface area contributed by atoms with E-state index in [0.29, 0.717) is 11.8 Å². The fraction of sp³-hybridized carbons (Fsp3) is 0.389. The molecule has 0 amide bonds. The van der Waals surface area contributed by atoms with Crippen molar-refractivity contribution in [1.82, 2.24) is 0 Å². The van der Waals surface area contributed by atoms with Crippen LogP contribution in [0.2, 0.25) is 0 Å². The quantitative estimate of drug-likeness (QED) is 0.687.